The van der Waals surface area contributed by atoms with Crippen LogP contribution in [0.3, 0.4) is 0 Å². The summed E-state index contributed by atoms with van der Waals surface area (Å²) < 4.78 is 0. The van der Waals surface area contributed by atoms with Gasteiger partial charge >= 0.3 is 0 Å². The van der Waals surface area contributed by atoms with Crippen LogP contribution >= 0.6 is 0 Å². The van der Waals surface area contributed by atoms with E-state index in [4.69, 9.17) is 0 Å². The Labute approximate surface area is 146 Å². The van der Waals surface area contributed by atoms with Crippen molar-refractivity contribution in [2.75, 3.05) is 0 Å². The maximum absolute atomic E-state index is 2.44. The Bertz CT molecular complexity index is 1260. The third kappa shape index (κ3) is 1.37. The fourth-order valence-electron chi connectivity index (χ4n) is 5.55. The van der Waals surface area contributed by atoms with Gasteiger partial charge in [0.1, 0.15) is 0 Å². The minimum absolute atomic E-state index is 1.06. The molecule has 25 heavy (non-hydrogen) atoms. The van der Waals surface area contributed by atoms with Crippen molar-refractivity contribution in [3.05, 3.63) is 94.0 Å². The van der Waals surface area contributed by atoms with Gasteiger partial charge in [0.15, 0.2) is 0 Å². The van der Waals surface area contributed by atoms with E-state index in [1.165, 1.54) is 38.6 Å². The van der Waals surface area contributed by atoms with E-state index in [2.05, 4.69) is 60.7 Å². The van der Waals surface area contributed by atoms with E-state index in [-0.39, 0.29) is 0 Å². The summed E-state index contributed by atoms with van der Waals surface area (Å²) in [6.07, 6.45) is 3.25. The van der Waals surface area contributed by atoms with Crippen LogP contribution in [0.5, 0.6) is 0 Å². The molecular formula is C25H16. The molecule has 0 heterocycles. The van der Waals surface area contributed by atoms with Gasteiger partial charge in [-0.3, -0.25) is 0 Å². The second kappa shape index (κ2) is 4.03. The molecule has 0 saturated carbocycles. The molecule has 4 aromatic carbocycles. The highest BCUT2D eigenvalue weighted by Gasteiger charge is 2.34. The lowest BCUT2D eigenvalue weighted by Crippen LogP contribution is -1.95. The Morgan fingerprint density at radius 3 is 2.04 bits per heavy atom. The number of hydrogen-bond acceptors (Lipinski definition) is 0. The summed E-state index contributed by atoms with van der Waals surface area (Å²) in [5.74, 6) is 0. The molecule has 0 unspecified atom stereocenters. The molecule has 0 heteroatoms. The third-order valence-corrected chi connectivity index (χ3v) is 6.48. The molecule has 0 spiro atoms. The van der Waals surface area contributed by atoms with Gasteiger partial charge in [-0.15, -0.1) is 0 Å². The van der Waals surface area contributed by atoms with Crippen LogP contribution in [-0.4, -0.2) is 0 Å². The quantitative estimate of drug-likeness (QED) is 0.327. The molecule has 4 aromatic rings. The van der Waals surface area contributed by atoms with Crippen LogP contribution in [0.25, 0.3) is 33.0 Å². The predicted octanol–water partition coefficient (Wildman–Crippen LogP) is 5.89. The Balaban J connectivity index is 1.76. The number of rotatable bonds is 0. The van der Waals surface area contributed by atoms with Crippen LogP contribution in [0.1, 0.15) is 33.4 Å². The molecule has 0 fully saturated rings. The Hall–Kier alpha value is -2.86. The fourth-order valence-corrected chi connectivity index (χ4v) is 5.55. The molecule has 116 valence electrons. The predicted molar refractivity (Wildman–Crippen MR) is 103 cm³/mol. The molecule has 0 bridgehead atoms. The minimum Gasteiger partial charge on any atom is -0.0617 e. The largest absolute Gasteiger partial charge is 0.0617 e. The average Bonchev–Trinajstić information content (AvgIpc) is 3.13. The van der Waals surface area contributed by atoms with Crippen LogP contribution in [0.4, 0.5) is 0 Å². The van der Waals surface area contributed by atoms with Crippen molar-refractivity contribution in [2.45, 2.75) is 19.3 Å². The number of fused-ring (bicyclic) bond motifs is 2. The van der Waals surface area contributed by atoms with Gasteiger partial charge in [0.25, 0.3) is 0 Å². The number of hydrogen-bond donors (Lipinski definition) is 0. The molecule has 3 aliphatic rings. The SMILES string of the molecule is c1cc2c3c(c1)Cc1c4c(cc5ccccc15)Cc1ccc(c-3c1-4)C2. The third-order valence-electron chi connectivity index (χ3n) is 6.48. The molecule has 7 rings (SSSR count). The van der Waals surface area contributed by atoms with Gasteiger partial charge in [-0.2, -0.15) is 0 Å². The van der Waals surface area contributed by atoms with Crippen LogP contribution in [0.15, 0.2) is 60.7 Å². The second-order valence-electron chi connectivity index (χ2n) is 7.73. The highest BCUT2D eigenvalue weighted by atomic mass is 14.4. The number of benzene rings is 4. The summed E-state index contributed by atoms with van der Waals surface area (Å²) in [6, 6.07) is 23.1. The van der Waals surface area contributed by atoms with E-state index >= 15 is 0 Å². The highest BCUT2D eigenvalue weighted by molar-refractivity contribution is 6.04. The van der Waals surface area contributed by atoms with E-state index in [1.807, 2.05) is 0 Å². The molecule has 0 N–H and O–H groups in total. The molecular weight excluding hydrogens is 300 g/mol. The molecule has 0 amide bonds. The van der Waals surface area contributed by atoms with Gasteiger partial charge in [0, 0.05) is 0 Å². The second-order valence-corrected chi connectivity index (χ2v) is 7.73. The summed E-state index contributed by atoms with van der Waals surface area (Å²) in [4.78, 5) is 0. The average molecular weight is 316 g/mol. The van der Waals surface area contributed by atoms with Crippen molar-refractivity contribution in [3.8, 4) is 22.3 Å². The monoisotopic (exact) mass is 316 g/mol. The Morgan fingerprint density at radius 1 is 0.480 bits per heavy atom. The van der Waals surface area contributed by atoms with Gasteiger partial charge in [-0.1, -0.05) is 60.7 Å². The maximum atomic E-state index is 2.44. The summed E-state index contributed by atoms with van der Waals surface area (Å²) in [5, 5.41) is 2.83. The van der Waals surface area contributed by atoms with Gasteiger partial charge in [-0.05, 0) is 85.7 Å². The molecule has 0 saturated heterocycles. The standard InChI is InChI=1S/C25H16/c1-2-7-20-14(4-1)10-19-12-18-9-8-17-11-15-5-3-6-16-13-21(20)23(19)25(18)24(17)22(15)16/h1-10H,11-13H2. The summed E-state index contributed by atoms with van der Waals surface area (Å²) >= 11 is 0. The van der Waals surface area contributed by atoms with Crippen molar-refractivity contribution in [1.29, 1.82) is 0 Å². The summed E-state index contributed by atoms with van der Waals surface area (Å²) in [6.45, 7) is 0. The van der Waals surface area contributed by atoms with Gasteiger partial charge in [0.05, 0.1) is 0 Å². The summed E-state index contributed by atoms with van der Waals surface area (Å²) in [7, 11) is 0. The van der Waals surface area contributed by atoms with Crippen LogP contribution < -0.4 is 0 Å². The zero-order valence-electron chi connectivity index (χ0n) is 13.9. The first-order chi connectivity index (χ1) is 12.4. The first-order valence-corrected chi connectivity index (χ1v) is 9.18. The molecule has 3 aliphatic carbocycles. The van der Waals surface area contributed by atoms with Crippen LogP contribution in [0, 0.1) is 0 Å². The Kier molecular flexibility index (Phi) is 2.01. The molecule has 0 nitrogen and oxygen atoms in total. The smallest absolute Gasteiger partial charge is 0.000707 e. The zero-order valence-corrected chi connectivity index (χ0v) is 13.9. The lowest BCUT2D eigenvalue weighted by molar-refractivity contribution is 1.20. The van der Waals surface area contributed by atoms with Crippen molar-refractivity contribution >= 4 is 10.8 Å². The van der Waals surface area contributed by atoms with Crippen LogP contribution in [0.2, 0.25) is 0 Å². The van der Waals surface area contributed by atoms with Gasteiger partial charge < -0.3 is 0 Å². The van der Waals surface area contributed by atoms with Crippen molar-refractivity contribution < 1.29 is 0 Å². The minimum atomic E-state index is 1.06. The first kappa shape index (κ1) is 12.5. The topological polar surface area (TPSA) is 0 Å². The van der Waals surface area contributed by atoms with E-state index < -0.39 is 0 Å². The van der Waals surface area contributed by atoms with Crippen LogP contribution in [-0.2, 0) is 19.3 Å². The molecule has 0 aliphatic heterocycles. The van der Waals surface area contributed by atoms with E-state index in [0.29, 0.717) is 0 Å². The van der Waals surface area contributed by atoms with Crippen molar-refractivity contribution in [3.63, 3.8) is 0 Å². The van der Waals surface area contributed by atoms with Crippen molar-refractivity contribution in [1.82, 2.24) is 0 Å². The Morgan fingerprint density at radius 2 is 1.16 bits per heavy atom. The van der Waals surface area contributed by atoms with Gasteiger partial charge in [0.2, 0.25) is 0 Å². The lowest BCUT2D eigenvalue weighted by Gasteiger charge is -2.13. The van der Waals surface area contributed by atoms with E-state index in [1.54, 1.807) is 27.8 Å². The molecule has 0 radical (unpaired) electrons. The highest BCUT2D eigenvalue weighted by Crippen LogP contribution is 2.54. The molecule has 0 atom stereocenters. The maximum Gasteiger partial charge on any atom is -0.000707 e. The van der Waals surface area contributed by atoms with Gasteiger partial charge in [-0.25, -0.2) is 0 Å². The van der Waals surface area contributed by atoms with E-state index in [0.717, 1.165) is 19.3 Å². The summed E-state index contributed by atoms with van der Waals surface area (Å²) in [5.41, 5.74) is 15.3. The first-order valence-electron chi connectivity index (χ1n) is 9.18. The zero-order chi connectivity index (χ0) is 16.1. The molecule has 0 aromatic heterocycles. The van der Waals surface area contributed by atoms with Crippen molar-refractivity contribution in [2.24, 2.45) is 0 Å². The van der Waals surface area contributed by atoms with E-state index in [9.17, 15) is 0 Å². The normalized spacial score (nSPS) is 14.7. The lowest BCUT2D eigenvalue weighted by atomic mass is 9.90. The fraction of sp³-hybridized carbons (Fsp3) is 0.120.